The third-order valence-corrected chi connectivity index (χ3v) is 5.96. The number of nitrogens with one attached hydrogen (secondary N) is 1. The predicted octanol–water partition coefficient (Wildman–Crippen LogP) is 4.89. The van der Waals surface area contributed by atoms with Gasteiger partial charge in [-0.15, -0.1) is 0 Å². The van der Waals surface area contributed by atoms with Crippen LogP contribution in [-0.4, -0.2) is 41.0 Å². The maximum atomic E-state index is 13.8. The summed E-state index contributed by atoms with van der Waals surface area (Å²) in [5, 5.41) is 3.39. The number of pyridine rings is 1. The molecule has 1 amide bonds. The number of piperazine rings is 1. The molecule has 2 atom stereocenters. The van der Waals surface area contributed by atoms with E-state index in [1.165, 1.54) is 12.3 Å². The van der Waals surface area contributed by atoms with E-state index in [-0.39, 0.29) is 35.1 Å². The first-order valence-corrected chi connectivity index (χ1v) is 11.4. The lowest BCUT2D eigenvalue weighted by molar-refractivity contribution is -0.141. The molecule has 190 valence electrons. The fraction of sp³-hybridized carbons (Fsp3) is 0.308. The van der Waals surface area contributed by atoms with Crippen molar-refractivity contribution in [2.75, 3.05) is 18.8 Å². The molecule has 0 radical (unpaired) electrons. The number of anilines is 1. The number of benzene rings is 2. The van der Waals surface area contributed by atoms with E-state index >= 15 is 0 Å². The standard InChI is InChI=1S/C26H26F4N4O2/c1-15-12-34(13-16(2)33-15)25(35)18-8-6-17(7-9-18)20-10-22(24(31)32-11-20)36-14-19-4-3-5-21(27)23(19)26(28,29)30/h3-11,15-16,33H,12-14H2,1-2H3,(H2,31,32)/t15-,16+. The Kier molecular flexibility index (Phi) is 7.16. The van der Waals surface area contributed by atoms with Gasteiger partial charge in [-0.05, 0) is 43.7 Å². The molecular weight excluding hydrogens is 476 g/mol. The smallest absolute Gasteiger partial charge is 0.419 e. The summed E-state index contributed by atoms with van der Waals surface area (Å²) in [4.78, 5) is 18.8. The average Bonchev–Trinajstić information content (AvgIpc) is 2.82. The molecule has 1 fully saturated rings. The number of nitrogens with zero attached hydrogens (tertiary/aromatic N) is 2. The zero-order valence-corrected chi connectivity index (χ0v) is 19.8. The summed E-state index contributed by atoms with van der Waals surface area (Å²) in [5.74, 6) is -1.38. The summed E-state index contributed by atoms with van der Waals surface area (Å²) < 4.78 is 59.2. The highest BCUT2D eigenvalue weighted by Crippen LogP contribution is 2.35. The van der Waals surface area contributed by atoms with Crippen LogP contribution in [-0.2, 0) is 12.8 Å². The van der Waals surface area contributed by atoms with Gasteiger partial charge in [-0.1, -0.05) is 24.3 Å². The summed E-state index contributed by atoms with van der Waals surface area (Å²) in [5.41, 5.74) is 6.00. The molecule has 1 aromatic heterocycles. The molecule has 2 heterocycles. The van der Waals surface area contributed by atoms with Gasteiger partial charge in [0.2, 0.25) is 0 Å². The normalized spacial score (nSPS) is 18.2. The van der Waals surface area contributed by atoms with Crippen LogP contribution in [0.4, 0.5) is 23.4 Å². The number of carbonyl (C=O) groups excluding carboxylic acids is 1. The number of carbonyl (C=O) groups is 1. The van der Waals surface area contributed by atoms with Gasteiger partial charge in [0.1, 0.15) is 12.4 Å². The summed E-state index contributed by atoms with van der Waals surface area (Å²) in [6.45, 7) is 4.76. The lowest BCUT2D eigenvalue weighted by Gasteiger charge is -2.36. The van der Waals surface area contributed by atoms with Crippen LogP contribution in [0.1, 0.15) is 35.3 Å². The molecule has 10 heteroatoms. The Balaban J connectivity index is 1.51. The van der Waals surface area contributed by atoms with E-state index < -0.39 is 24.2 Å². The molecule has 1 aliphatic rings. The Morgan fingerprint density at radius 1 is 1.11 bits per heavy atom. The van der Waals surface area contributed by atoms with Crippen molar-refractivity contribution in [2.24, 2.45) is 0 Å². The number of nitrogen functional groups attached to an aromatic ring is 1. The first-order chi connectivity index (χ1) is 17.0. The zero-order valence-electron chi connectivity index (χ0n) is 19.8. The largest absolute Gasteiger partial charge is 0.485 e. The van der Waals surface area contributed by atoms with Crippen LogP contribution in [0.5, 0.6) is 5.75 Å². The van der Waals surface area contributed by atoms with E-state index in [2.05, 4.69) is 10.3 Å². The molecule has 2 aromatic carbocycles. The second-order valence-corrected chi connectivity index (χ2v) is 8.92. The lowest BCUT2D eigenvalue weighted by Crippen LogP contribution is -2.55. The molecule has 3 aromatic rings. The molecule has 0 spiro atoms. The van der Waals surface area contributed by atoms with Crippen LogP contribution in [0, 0.1) is 5.82 Å². The van der Waals surface area contributed by atoms with Gasteiger partial charge in [-0.3, -0.25) is 4.79 Å². The van der Waals surface area contributed by atoms with Crippen molar-refractivity contribution in [1.82, 2.24) is 15.2 Å². The van der Waals surface area contributed by atoms with Crippen molar-refractivity contribution in [1.29, 1.82) is 0 Å². The van der Waals surface area contributed by atoms with Gasteiger partial charge in [0.25, 0.3) is 5.91 Å². The Morgan fingerprint density at radius 2 is 1.78 bits per heavy atom. The van der Waals surface area contributed by atoms with Gasteiger partial charge in [-0.25, -0.2) is 9.37 Å². The van der Waals surface area contributed by atoms with Crippen molar-refractivity contribution in [2.45, 2.75) is 38.7 Å². The fourth-order valence-corrected chi connectivity index (χ4v) is 4.37. The van der Waals surface area contributed by atoms with Gasteiger partial charge in [0, 0.05) is 48.1 Å². The molecule has 4 rings (SSSR count). The minimum absolute atomic E-state index is 0.0162. The van der Waals surface area contributed by atoms with E-state index in [9.17, 15) is 22.4 Å². The second-order valence-electron chi connectivity index (χ2n) is 8.92. The molecule has 0 bridgehead atoms. The molecule has 3 N–H and O–H groups in total. The van der Waals surface area contributed by atoms with E-state index in [1.807, 2.05) is 18.7 Å². The minimum atomic E-state index is -4.87. The van der Waals surface area contributed by atoms with Crippen LogP contribution in [0.25, 0.3) is 11.1 Å². The Bertz CT molecular complexity index is 1240. The number of rotatable bonds is 5. The van der Waals surface area contributed by atoms with Crippen LogP contribution < -0.4 is 15.8 Å². The quantitative estimate of drug-likeness (QED) is 0.486. The van der Waals surface area contributed by atoms with Crippen LogP contribution >= 0.6 is 0 Å². The van der Waals surface area contributed by atoms with E-state index in [0.717, 1.165) is 12.1 Å². The summed E-state index contributed by atoms with van der Waals surface area (Å²) >= 11 is 0. The SMILES string of the molecule is C[C@@H]1CN(C(=O)c2ccc(-c3cnc(N)c(OCc4cccc(F)c4C(F)(F)F)c3)cc2)C[C@H](C)N1. The maximum absolute atomic E-state index is 13.8. The summed E-state index contributed by atoms with van der Waals surface area (Å²) in [7, 11) is 0. The van der Waals surface area contributed by atoms with E-state index in [4.69, 9.17) is 10.5 Å². The molecule has 6 nitrogen and oxygen atoms in total. The molecular formula is C26H26F4N4O2. The van der Waals surface area contributed by atoms with Gasteiger partial charge < -0.3 is 20.7 Å². The van der Waals surface area contributed by atoms with E-state index in [1.54, 1.807) is 30.3 Å². The van der Waals surface area contributed by atoms with Crippen molar-refractivity contribution in [3.63, 3.8) is 0 Å². The lowest BCUT2D eigenvalue weighted by atomic mass is 10.0. The third kappa shape index (κ3) is 5.59. The Labute approximate surface area is 206 Å². The zero-order chi connectivity index (χ0) is 26.0. The highest BCUT2D eigenvalue weighted by Gasteiger charge is 2.36. The number of aromatic nitrogens is 1. The number of ether oxygens (including phenoxy) is 1. The fourth-order valence-electron chi connectivity index (χ4n) is 4.37. The first-order valence-electron chi connectivity index (χ1n) is 11.4. The predicted molar refractivity (Wildman–Crippen MR) is 128 cm³/mol. The number of hydrogen-bond acceptors (Lipinski definition) is 5. The monoisotopic (exact) mass is 502 g/mol. The number of alkyl halides is 3. The Hall–Kier alpha value is -3.66. The van der Waals surface area contributed by atoms with E-state index in [0.29, 0.717) is 29.8 Å². The number of amides is 1. The second kappa shape index (κ2) is 10.1. The highest BCUT2D eigenvalue weighted by atomic mass is 19.4. The number of halogens is 4. The molecule has 0 aliphatic carbocycles. The number of hydrogen-bond donors (Lipinski definition) is 2. The number of nitrogens with two attached hydrogens (primary N) is 1. The highest BCUT2D eigenvalue weighted by molar-refractivity contribution is 5.95. The summed E-state index contributed by atoms with van der Waals surface area (Å²) in [6, 6.07) is 12.0. The van der Waals surface area contributed by atoms with Crippen LogP contribution in [0.15, 0.2) is 54.7 Å². The van der Waals surface area contributed by atoms with Crippen LogP contribution in [0.3, 0.4) is 0 Å². The van der Waals surface area contributed by atoms with Gasteiger partial charge in [0.15, 0.2) is 11.6 Å². The molecule has 0 saturated carbocycles. The first kappa shape index (κ1) is 25.4. The van der Waals surface area contributed by atoms with Gasteiger partial charge in [0.05, 0.1) is 5.56 Å². The molecule has 1 aliphatic heterocycles. The maximum Gasteiger partial charge on any atom is 0.419 e. The van der Waals surface area contributed by atoms with Crippen molar-refractivity contribution >= 4 is 11.7 Å². The minimum Gasteiger partial charge on any atom is -0.485 e. The Morgan fingerprint density at radius 3 is 2.42 bits per heavy atom. The topological polar surface area (TPSA) is 80.5 Å². The molecule has 0 unspecified atom stereocenters. The van der Waals surface area contributed by atoms with Crippen molar-refractivity contribution < 1.29 is 27.1 Å². The average molecular weight is 503 g/mol. The van der Waals surface area contributed by atoms with Gasteiger partial charge in [-0.2, -0.15) is 13.2 Å². The molecule has 36 heavy (non-hydrogen) atoms. The van der Waals surface area contributed by atoms with Crippen LogP contribution in [0.2, 0.25) is 0 Å². The van der Waals surface area contributed by atoms with Gasteiger partial charge >= 0.3 is 6.18 Å². The third-order valence-electron chi connectivity index (χ3n) is 5.96. The van der Waals surface area contributed by atoms with Crippen molar-refractivity contribution in [3.05, 3.63) is 77.2 Å². The van der Waals surface area contributed by atoms with Crippen molar-refractivity contribution in [3.8, 4) is 16.9 Å². The summed E-state index contributed by atoms with van der Waals surface area (Å²) in [6.07, 6.45) is -3.36. The molecule has 1 saturated heterocycles.